The van der Waals surface area contributed by atoms with Crippen LogP contribution in [0.25, 0.3) is 0 Å². The van der Waals surface area contributed by atoms with Crippen LogP contribution in [0.15, 0.2) is 67.3 Å². The van der Waals surface area contributed by atoms with E-state index in [-0.39, 0.29) is 6.61 Å². The van der Waals surface area contributed by atoms with Crippen LogP contribution in [0, 0.1) is 0 Å². The standard InChI is InChI=1S/C18H17ClN4O3/c19-14-6-8-16(9-7-14)25-11-17(10-23-13-20-12-21-23)26-18(24)22-15-4-2-1-3-5-15/h1-9,12-13,17H,10-11H2,(H,22,24). The minimum absolute atomic E-state index is 0.156. The van der Waals surface area contributed by atoms with Gasteiger partial charge in [-0.25, -0.2) is 14.5 Å². The lowest BCUT2D eigenvalue weighted by molar-refractivity contribution is 0.0618. The van der Waals surface area contributed by atoms with Crippen molar-refractivity contribution in [1.82, 2.24) is 14.8 Å². The van der Waals surface area contributed by atoms with Crippen LogP contribution in [0.2, 0.25) is 5.02 Å². The number of nitrogens with zero attached hydrogens (tertiary/aromatic N) is 3. The first-order valence-corrected chi connectivity index (χ1v) is 8.30. The Morgan fingerprint density at radius 1 is 1.15 bits per heavy atom. The van der Waals surface area contributed by atoms with Gasteiger partial charge in [0.05, 0.1) is 6.54 Å². The highest BCUT2D eigenvalue weighted by atomic mass is 35.5. The van der Waals surface area contributed by atoms with Gasteiger partial charge in [0.15, 0.2) is 6.10 Å². The number of rotatable bonds is 7. The van der Waals surface area contributed by atoms with Gasteiger partial charge in [0, 0.05) is 10.7 Å². The summed E-state index contributed by atoms with van der Waals surface area (Å²) in [6, 6.07) is 16.0. The number of para-hydroxylation sites is 1. The molecule has 1 N–H and O–H groups in total. The van der Waals surface area contributed by atoms with Crippen molar-refractivity contribution in [2.45, 2.75) is 12.6 Å². The summed E-state index contributed by atoms with van der Waals surface area (Å²) in [5.41, 5.74) is 0.649. The van der Waals surface area contributed by atoms with Crippen LogP contribution < -0.4 is 10.1 Å². The van der Waals surface area contributed by atoms with Gasteiger partial charge in [0.2, 0.25) is 0 Å². The van der Waals surface area contributed by atoms with Crippen molar-refractivity contribution in [2.75, 3.05) is 11.9 Å². The van der Waals surface area contributed by atoms with Crippen molar-refractivity contribution in [3.05, 3.63) is 72.3 Å². The average Bonchev–Trinajstić information content (AvgIpc) is 3.15. The molecular weight excluding hydrogens is 356 g/mol. The molecular formula is C18H17ClN4O3. The van der Waals surface area contributed by atoms with Crippen LogP contribution in [-0.4, -0.2) is 33.6 Å². The fourth-order valence-corrected chi connectivity index (χ4v) is 2.33. The van der Waals surface area contributed by atoms with E-state index in [1.165, 1.54) is 6.33 Å². The lowest BCUT2D eigenvalue weighted by Gasteiger charge is -2.19. The van der Waals surface area contributed by atoms with Gasteiger partial charge < -0.3 is 9.47 Å². The van der Waals surface area contributed by atoms with E-state index in [9.17, 15) is 4.79 Å². The number of carbonyl (C=O) groups excluding carboxylic acids is 1. The highest BCUT2D eigenvalue weighted by Gasteiger charge is 2.17. The summed E-state index contributed by atoms with van der Waals surface area (Å²) in [7, 11) is 0. The number of anilines is 1. The van der Waals surface area contributed by atoms with Crippen LogP contribution in [0.1, 0.15) is 0 Å². The van der Waals surface area contributed by atoms with Crippen molar-refractivity contribution in [1.29, 1.82) is 0 Å². The molecule has 0 aliphatic rings. The molecule has 3 rings (SSSR count). The second-order valence-corrected chi connectivity index (χ2v) is 5.84. The molecule has 0 aliphatic carbocycles. The largest absolute Gasteiger partial charge is 0.490 e. The second-order valence-electron chi connectivity index (χ2n) is 5.40. The summed E-state index contributed by atoms with van der Waals surface area (Å²) in [6.45, 7) is 0.472. The predicted octanol–water partition coefficient (Wildman–Crippen LogP) is 3.63. The molecule has 1 aromatic heterocycles. The molecule has 1 unspecified atom stereocenters. The SMILES string of the molecule is O=C(Nc1ccccc1)OC(COc1ccc(Cl)cc1)Cn1cncn1. The summed E-state index contributed by atoms with van der Waals surface area (Å²) < 4.78 is 12.8. The number of hydrogen-bond acceptors (Lipinski definition) is 5. The molecule has 1 atom stereocenters. The van der Waals surface area contributed by atoms with Gasteiger partial charge in [0.25, 0.3) is 0 Å². The summed E-state index contributed by atoms with van der Waals surface area (Å²) in [4.78, 5) is 16.0. The normalized spacial score (nSPS) is 11.6. The Balaban J connectivity index is 1.60. The quantitative estimate of drug-likeness (QED) is 0.685. The third-order valence-electron chi connectivity index (χ3n) is 3.40. The monoisotopic (exact) mass is 372 g/mol. The Kier molecular flexibility index (Phi) is 6.05. The Hall–Kier alpha value is -3.06. The molecule has 0 bridgehead atoms. The summed E-state index contributed by atoms with van der Waals surface area (Å²) in [5, 5.41) is 7.33. The zero-order valence-corrected chi connectivity index (χ0v) is 14.5. The first-order valence-electron chi connectivity index (χ1n) is 7.92. The minimum Gasteiger partial charge on any atom is -0.490 e. The molecule has 0 saturated heterocycles. The van der Waals surface area contributed by atoms with E-state index in [1.54, 1.807) is 47.4 Å². The van der Waals surface area contributed by atoms with Crippen LogP contribution in [0.5, 0.6) is 5.75 Å². The molecule has 0 spiro atoms. The molecule has 2 aromatic carbocycles. The lowest BCUT2D eigenvalue weighted by atomic mass is 10.3. The Labute approximate surface area is 155 Å². The van der Waals surface area contributed by atoms with Gasteiger partial charge >= 0.3 is 6.09 Å². The van der Waals surface area contributed by atoms with Crippen molar-refractivity contribution in [3.63, 3.8) is 0 Å². The molecule has 134 valence electrons. The number of hydrogen-bond donors (Lipinski definition) is 1. The number of halogens is 1. The van der Waals surface area contributed by atoms with Crippen molar-refractivity contribution in [3.8, 4) is 5.75 Å². The van der Waals surface area contributed by atoms with Gasteiger partial charge in [-0.2, -0.15) is 5.10 Å². The van der Waals surface area contributed by atoms with Gasteiger partial charge in [0.1, 0.15) is 25.0 Å². The topological polar surface area (TPSA) is 78.3 Å². The maximum Gasteiger partial charge on any atom is 0.412 e. The molecule has 3 aromatic rings. The highest BCUT2D eigenvalue weighted by molar-refractivity contribution is 6.30. The zero-order chi connectivity index (χ0) is 18.2. The number of aromatic nitrogens is 3. The maximum absolute atomic E-state index is 12.2. The van der Waals surface area contributed by atoms with Gasteiger partial charge in [-0.15, -0.1) is 0 Å². The Morgan fingerprint density at radius 3 is 2.62 bits per heavy atom. The molecule has 0 fully saturated rings. The average molecular weight is 373 g/mol. The predicted molar refractivity (Wildman–Crippen MR) is 97.3 cm³/mol. The van der Waals surface area contributed by atoms with E-state index in [4.69, 9.17) is 21.1 Å². The van der Waals surface area contributed by atoms with Crippen LogP contribution in [-0.2, 0) is 11.3 Å². The number of ether oxygens (including phenoxy) is 2. The van der Waals surface area contributed by atoms with Crippen LogP contribution in [0.3, 0.4) is 0 Å². The third kappa shape index (κ3) is 5.49. The van der Waals surface area contributed by atoms with Crippen molar-refractivity contribution in [2.24, 2.45) is 0 Å². The van der Waals surface area contributed by atoms with E-state index in [2.05, 4.69) is 15.4 Å². The van der Waals surface area contributed by atoms with Gasteiger partial charge in [-0.05, 0) is 36.4 Å². The molecule has 0 saturated carbocycles. The van der Waals surface area contributed by atoms with E-state index in [0.717, 1.165) is 0 Å². The Bertz CT molecular complexity index is 810. The molecule has 1 heterocycles. The Morgan fingerprint density at radius 2 is 1.92 bits per heavy atom. The minimum atomic E-state index is -0.568. The van der Waals surface area contributed by atoms with Crippen LogP contribution in [0.4, 0.5) is 10.5 Å². The second kappa shape index (κ2) is 8.87. The lowest BCUT2D eigenvalue weighted by Crippen LogP contribution is -2.31. The molecule has 26 heavy (non-hydrogen) atoms. The molecule has 8 heteroatoms. The number of nitrogens with one attached hydrogen (secondary N) is 1. The fraction of sp³-hybridized carbons (Fsp3) is 0.167. The summed E-state index contributed by atoms with van der Waals surface area (Å²) >= 11 is 5.86. The smallest absolute Gasteiger partial charge is 0.412 e. The molecule has 0 aliphatic heterocycles. The highest BCUT2D eigenvalue weighted by Crippen LogP contribution is 2.16. The summed E-state index contributed by atoms with van der Waals surface area (Å²) in [5.74, 6) is 0.630. The third-order valence-corrected chi connectivity index (χ3v) is 3.65. The maximum atomic E-state index is 12.2. The van der Waals surface area contributed by atoms with Gasteiger partial charge in [-0.3, -0.25) is 5.32 Å². The number of benzene rings is 2. The zero-order valence-electron chi connectivity index (χ0n) is 13.8. The molecule has 0 radical (unpaired) electrons. The fourth-order valence-electron chi connectivity index (χ4n) is 2.20. The first-order chi connectivity index (χ1) is 12.7. The van der Waals surface area contributed by atoms with Gasteiger partial charge in [-0.1, -0.05) is 29.8 Å². The van der Waals surface area contributed by atoms with Crippen molar-refractivity contribution >= 4 is 23.4 Å². The van der Waals surface area contributed by atoms with E-state index < -0.39 is 12.2 Å². The molecule has 1 amide bonds. The van der Waals surface area contributed by atoms with E-state index in [0.29, 0.717) is 23.0 Å². The van der Waals surface area contributed by atoms with E-state index in [1.807, 2.05) is 18.2 Å². The number of amides is 1. The van der Waals surface area contributed by atoms with Crippen molar-refractivity contribution < 1.29 is 14.3 Å². The summed E-state index contributed by atoms with van der Waals surface area (Å²) in [6.07, 6.45) is 1.84. The van der Waals surface area contributed by atoms with Crippen LogP contribution >= 0.6 is 11.6 Å². The first kappa shape index (κ1) is 17.8. The molecule has 7 nitrogen and oxygen atoms in total. The van der Waals surface area contributed by atoms with E-state index >= 15 is 0 Å². The number of carbonyl (C=O) groups is 1.